The first kappa shape index (κ1) is 23.5. The highest BCUT2D eigenvalue weighted by Gasteiger charge is 2.33. The van der Waals surface area contributed by atoms with Crippen LogP contribution in [0.2, 0.25) is 0 Å². The van der Waals surface area contributed by atoms with Crippen molar-refractivity contribution in [1.82, 2.24) is 0 Å². The Labute approximate surface area is 191 Å². The van der Waals surface area contributed by atoms with Crippen LogP contribution in [0.1, 0.15) is 11.1 Å². The zero-order chi connectivity index (χ0) is 24.1. The van der Waals surface area contributed by atoms with Crippen LogP contribution in [0.4, 0.5) is 0 Å². The van der Waals surface area contributed by atoms with E-state index < -0.39 is 11.9 Å². The second kappa shape index (κ2) is 9.99. The number of methoxy groups -OCH3 is 6. The van der Waals surface area contributed by atoms with Crippen LogP contribution in [0.5, 0.6) is 34.5 Å². The maximum atomic E-state index is 12.5. The van der Waals surface area contributed by atoms with E-state index in [9.17, 15) is 9.59 Å². The maximum Gasteiger partial charge on any atom is 0.346 e. The van der Waals surface area contributed by atoms with Crippen molar-refractivity contribution in [1.29, 1.82) is 0 Å². The smallest absolute Gasteiger partial charge is 0.346 e. The van der Waals surface area contributed by atoms with E-state index in [1.807, 2.05) is 0 Å². The van der Waals surface area contributed by atoms with Crippen LogP contribution in [0, 0.1) is 0 Å². The first-order valence-electron chi connectivity index (χ1n) is 9.70. The van der Waals surface area contributed by atoms with Crippen molar-refractivity contribution < 1.29 is 42.7 Å². The van der Waals surface area contributed by atoms with Gasteiger partial charge in [0, 0.05) is 0 Å². The summed E-state index contributed by atoms with van der Waals surface area (Å²) < 4.78 is 36.9. The lowest BCUT2D eigenvalue weighted by atomic mass is 10.0. The summed E-state index contributed by atoms with van der Waals surface area (Å²) in [5, 5.41) is 0. The highest BCUT2D eigenvalue weighted by Crippen LogP contribution is 2.41. The van der Waals surface area contributed by atoms with Crippen molar-refractivity contribution in [2.45, 2.75) is 0 Å². The van der Waals surface area contributed by atoms with Crippen LogP contribution in [0.15, 0.2) is 35.4 Å². The number of hydrogen-bond donors (Lipinski definition) is 0. The minimum Gasteiger partial charge on any atom is -0.493 e. The molecule has 9 nitrogen and oxygen atoms in total. The summed E-state index contributed by atoms with van der Waals surface area (Å²) in [6.07, 6.45) is 3.03. The Hall–Kier alpha value is -4.14. The molecule has 174 valence electrons. The Balaban J connectivity index is 2.14. The lowest BCUT2D eigenvalue weighted by Crippen LogP contribution is -1.98. The normalized spacial score (nSPS) is 15.5. The highest BCUT2D eigenvalue weighted by atomic mass is 16.6. The van der Waals surface area contributed by atoms with E-state index >= 15 is 0 Å². The van der Waals surface area contributed by atoms with E-state index in [2.05, 4.69) is 0 Å². The molecule has 0 spiro atoms. The molecule has 0 radical (unpaired) electrons. The lowest BCUT2D eigenvalue weighted by Gasteiger charge is -2.13. The summed E-state index contributed by atoms with van der Waals surface area (Å²) in [6, 6.07) is 6.62. The molecule has 2 aromatic carbocycles. The molecule has 0 aromatic heterocycles. The number of carbonyl (C=O) groups is 2. The molecule has 1 aliphatic rings. The van der Waals surface area contributed by atoms with Crippen LogP contribution in [-0.4, -0.2) is 54.6 Å². The number of esters is 2. The van der Waals surface area contributed by atoms with Crippen LogP contribution in [0.25, 0.3) is 12.2 Å². The Morgan fingerprint density at radius 1 is 0.545 bits per heavy atom. The molecule has 2 aromatic rings. The summed E-state index contributed by atoms with van der Waals surface area (Å²) in [6.45, 7) is 0. The highest BCUT2D eigenvalue weighted by molar-refractivity contribution is 6.22. The molecule has 33 heavy (non-hydrogen) atoms. The molecule has 1 aliphatic heterocycles. The molecule has 0 N–H and O–H groups in total. The van der Waals surface area contributed by atoms with Crippen LogP contribution >= 0.6 is 0 Å². The van der Waals surface area contributed by atoms with Crippen molar-refractivity contribution in [3.05, 3.63) is 46.5 Å². The molecule has 0 atom stereocenters. The van der Waals surface area contributed by atoms with Gasteiger partial charge in [0.1, 0.15) is 0 Å². The predicted octanol–water partition coefficient (Wildman–Crippen LogP) is 3.29. The standard InChI is InChI=1S/C24H24O9/c1-27-17-9-13(10-18(28-2)21(17)31-5)7-15-16(24(26)33-23(15)25)8-14-11-19(29-3)22(32-6)20(12-14)30-4/h7-12H,1-6H3/b15-7+,16-8+. The van der Waals surface area contributed by atoms with Gasteiger partial charge in [-0.05, 0) is 47.5 Å². The molecule has 0 bridgehead atoms. The fourth-order valence-corrected chi connectivity index (χ4v) is 3.39. The van der Waals surface area contributed by atoms with Crippen molar-refractivity contribution in [3.8, 4) is 34.5 Å². The van der Waals surface area contributed by atoms with Crippen molar-refractivity contribution >= 4 is 24.1 Å². The minimum atomic E-state index is -0.771. The Morgan fingerprint density at radius 2 is 0.848 bits per heavy atom. The zero-order valence-corrected chi connectivity index (χ0v) is 19.1. The van der Waals surface area contributed by atoms with E-state index in [-0.39, 0.29) is 11.1 Å². The molecule has 3 rings (SSSR count). The second-order valence-electron chi connectivity index (χ2n) is 6.71. The van der Waals surface area contributed by atoms with E-state index in [4.69, 9.17) is 33.2 Å². The minimum absolute atomic E-state index is 0.0722. The molecular formula is C24H24O9. The van der Waals surface area contributed by atoms with Gasteiger partial charge in [-0.1, -0.05) is 0 Å². The third-order valence-electron chi connectivity index (χ3n) is 4.91. The number of benzene rings is 2. The van der Waals surface area contributed by atoms with Gasteiger partial charge in [-0.2, -0.15) is 0 Å². The number of rotatable bonds is 8. The van der Waals surface area contributed by atoms with Crippen molar-refractivity contribution in [2.24, 2.45) is 0 Å². The van der Waals surface area contributed by atoms with Gasteiger partial charge in [0.2, 0.25) is 11.5 Å². The molecule has 9 heteroatoms. The third kappa shape index (κ3) is 4.57. The van der Waals surface area contributed by atoms with E-state index in [1.165, 1.54) is 54.8 Å². The largest absolute Gasteiger partial charge is 0.493 e. The Bertz CT molecular complexity index is 1010. The summed E-state index contributed by atoms with van der Waals surface area (Å²) in [7, 11) is 8.91. The summed E-state index contributed by atoms with van der Waals surface area (Å²) >= 11 is 0. The zero-order valence-electron chi connectivity index (χ0n) is 19.1. The lowest BCUT2D eigenvalue weighted by molar-refractivity contribution is -0.149. The molecule has 1 fully saturated rings. The Morgan fingerprint density at radius 3 is 1.09 bits per heavy atom. The van der Waals surface area contributed by atoms with Gasteiger partial charge in [0.25, 0.3) is 0 Å². The van der Waals surface area contributed by atoms with Gasteiger partial charge in [-0.3, -0.25) is 0 Å². The van der Waals surface area contributed by atoms with Crippen molar-refractivity contribution in [2.75, 3.05) is 42.7 Å². The summed E-state index contributed by atoms with van der Waals surface area (Å²) in [4.78, 5) is 24.9. The first-order chi connectivity index (χ1) is 15.9. The third-order valence-corrected chi connectivity index (χ3v) is 4.91. The monoisotopic (exact) mass is 456 g/mol. The molecule has 1 heterocycles. The Kier molecular flexibility index (Phi) is 7.12. The quantitative estimate of drug-likeness (QED) is 0.337. The first-order valence-corrected chi connectivity index (χ1v) is 9.70. The molecule has 1 saturated heterocycles. The SMILES string of the molecule is COc1cc(/C=C2/C(=O)OC(=O)/C2=C/c2cc(OC)c(OC)c(OC)c2)cc(OC)c1OC. The molecule has 0 amide bonds. The van der Waals surface area contributed by atoms with Gasteiger partial charge < -0.3 is 33.2 Å². The van der Waals surface area contributed by atoms with Gasteiger partial charge in [-0.25, -0.2) is 9.59 Å². The molecule has 0 aliphatic carbocycles. The fourth-order valence-electron chi connectivity index (χ4n) is 3.39. The summed E-state index contributed by atoms with van der Waals surface area (Å²) in [5.41, 5.74) is 1.23. The average molecular weight is 456 g/mol. The maximum absolute atomic E-state index is 12.5. The predicted molar refractivity (Wildman–Crippen MR) is 119 cm³/mol. The van der Waals surface area contributed by atoms with Crippen LogP contribution < -0.4 is 28.4 Å². The van der Waals surface area contributed by atoms with E-state index in [1.54, 1.807) is 24.3 Å². The van der Waals surface area contributed by atoms with E-state index in [0.29, 0.717) is 45.6 Å². The molecule has 0 unspecified atom stereocenters. The van der Waals surface area contributed by atoms with Gasteiger partial charge in [0.15, 0.2) is 23.0 Å². The van der Waals surface area contributed by atoms with Crippen LogP contribution in [-0.2, 0) is 14.3 Å². The number of cyclic esters (lactones) is 2. The number of ether oxygens (including phenoxy) is 7. The van der Waals surface area contributed by atoms with E-state index in [0.717, 1.165) is 0 Å². The fraction of sp³-hybridized carbons (Fsp3) is 0.250. The van der Waals surface area contributed by atoms with Gasteiger partial charge >= 0.3 is 11.9 Å². The second-order valence-corrected chi connectivity index (χ2v) is 6.71. The molecular weight excluding hydrogens is 432 g/mol. The number of hydrogen-bond acceptors (Lipinski definition) is 9. The van der Waals surface area contributed by atoms with Gasteiger partial charge in [-0.15, -0.1) is 0 Å². The topological polar surface area (TPSA) is 98.8 Å². The average Bonchev–Trinajstić information content (AvgIpc) is 3.09. The van der Waals surface area contributed by atoms with Crippen LogP contribution in [0.3, 0.4) is 0 Å². The summed E-state index contributed by atoms with van der Waals surface area (Å²) in [5.74, 6) is 0.863. The molecule has 0 saturated carbocycles. The van der Waals surface area contributed by atoms with Crippen molar-refractivity contribution in [3.63, 3.8) is 0 Å². The number of carbonyl (C=O) groups excluding carboxylic acids is 2. The van der Waals surface area contributed by atoms with Gasteiger partial charge in [0.05, 0.1) is 53.8 Å².